The monoisotopic (exact) mass is 358 g/mol. The van der Waals surface area contributed by atoms with Crippen molar-refractivity contribution < 1.29 is 19.2 Å². The summed E-state index contributed by atoms with van der Waals surface area (Å²) in [5.41, 5.74) is 2.13. The zero-order valence-electron chi connectivity index (χ0n) is 15.2. The quantitative estimate of drug-likeness (QED) is 0.596. The first-order valence-corrected chi connectivity index (χ1v) is 8.23. The summed E-state index contributed by atoms with van der Waals surface area (Å²) in [5.74, 6) is 0.579. The van der Waals surface area contributed by atoms with Crippen LogP contribution in [-0.4, -0.2) is 24.0 Å². The van der Waals surface area contributed by atoms with Gasteiger partial charge in [0.1, 0.15) is 11.5 Å². The Morgan fingerprint density at radius 3 is 2.58 bits per heavy atom. The van der Waals surface area contributed by atoms with Crippen LogP contribution in [0.5, 0.6) is 11.5 Å². The van der Waals surface area contributed by atoms with E-state index in [1.54, 1.807) is 0 Å². The molecule has 7 heteroatoms. The van der Waals surface area contributed by atoms with Crippen molar-refractivity contribution in [1.82, 2.24) is 0 Å². The number of nitro benzene ring substituents is 1. The minimum Gasteiger partial charge on any atom is -0.495 e. The van der Waals surface area contributed by atoms with Crippen molar-refractivity contribution in [2.45, 2.75) is 33.3 Å². The lowest BCUT2D eigenvalue weighted by Crippen LogP contribution is -2.32. The van der Waals surface area contributed by atoms with Crippen LogP contribution in [0, 0.1) is 24.0 Å². The van der Waals surface area contributed by atoms with E-state index >= 15 is 0 Å². The molecule has 1 N–H and O–H groups in total. The fraction of sp³-hybridized carbons (Fsp3) is 0.316. The van der Waals surface area contributed by atoms with Crippen LogP contribution in [0.2, 0.25) is 0 Å². The fourth-order valence-electron chi connectivity index (χ4n) is 2.45. The number of hydrogen-bond donors (Lipinski definition) is 1. The minimum absolute atomic E-state index is 0.135. The molecule has 2 aromatic carbocycles. The summed E-state index contributed by atoms with van der Waals surface area (Å²) >= 11 is 0. The number of nitrogens with zero attached hydrogens (tertiary/aromatic N) is 1. The molecule has 1 atom stereocenters. The predicted molar refractivity (Wildman–Crippen MR) is 98.9 cm³/mol. The SMILES string of the molecule is CC[C@H](Oc1cccc(C)c1C)C(=O)Nc1cc([N+](=O)[O-])ccc1OC. The van der Waals surface area contributed by atoms with Gasteiger partial charge in [0.15, 0.2) is 6.10 Å². The van der Waals surface area contributed by atoms with Gasteiger partial charge in [-0.15, -0.1) is 0 Å². The van der Waals surface area contributed by atoms with Crippen LogP contribution in [0.4, 0.5) is 11.4 Å². The molecule has 0 aliphatic carbocycles. The third kappa shape index (κ3) is 4.30. The number of nitro groups is 1. The topological polar surface area (TPSA) is 90.7 Å². The average molecular weight is 358 g/mol. The van der Waals surface area contributed by atoms with Gasteiger partial charge in [-0.2, -0.15) is 0 Å². The molecule has 0 saturated carbocycles. The number of carbonyl (C=O) groups excluding carboxylic acids is 1. The van der Waals surface area contributed by atoms with Crippen LogP contribution in [0.1, 0.15) is 24.5 Å². The summed E-state index contributed by atoms with van der Waals surface area (Å²) in [6, 6.07) is 9.68. The molecule has 0 spiro atoms. The molecule has 0 saturated heterocycles. The molecule has 7 nitrogen and oxygen atoms in total. The molecule has 0 fully saturated rings. The molecule has 26 heavy (non-hydrogen) atoms. The Labute approximate surface area is 152 Å². The van der Waals surface area contributed by atoms with Crippen LogP contribution in [0.3, 0.4) is 0 Å². The number of anilines is 1. The Hall–Kier alpha value is -3.09. The Morgan fingerprint density at radius 2 is 1.96 bits per heavy atom. The van der Waals surface area contributed by atoms with Crippen LogP contribution >= 0.6 is 0 Å². The Morgan fingerprint density at radius 1 is 1.23 bits per heavy atom. The maximum atomic E-state index is 12.6. The normalized spacial score (nSPS) is 11.5. The van der Waals surface area contributed by atoms with E-state index in [0.29, 0.717) is 17.9 Å². The molecule has 0 aliphatic heterocycles. The van der Waals surface area contributed by atoms with E-state index in [-0.39, 0.29) is 11.4 Å². The number of carbonyl (C=O) groups is 1. The predicted octanol–water partition coefficient (Wildman–Crippen LogP) is 4.02. The van der Waals surface area contributed by atoms with Gasteiger partial charge < -0.3 is 14.8 Å². The smallest absolute Gasteiger partial charge is 0.271 e. The summed E-state index contributed by atoms with van der Waals surface area (Å²) < 4.78 is 11.0. The number of nitrogens with one attached hydrogen (secondary N) is 1. The second kappa shape index (κ2) is 8.33. The molecule has 1 amide bonds. The molecule has 0 aromatic heterocycles. The first-order chi connectivity index (χ1) is 12.4. The highest BCUT2D eigenvalue weighted by molar-refractivity contribution is 5.96. The molecule has 0 bridgehead atoms. The van der Waals surface area contributed by atoms with E-state index in [9.17, 15) is 14.9 Å². The van der Waals surface area contributed by atoms with Crippen LogP contribution in [0.25, 0.3) is 0 Å². The van der Waals surface area contributed by atoms with Gasteiger partial charge in [0.2, 0.25) is 0 Å². The molecule has 0 heterocycles. The molecular formula is C19H22N2O5. The maximum absolute atomic E-state index is 12.6. The fourth-order valence-corrected chi connectivity index (χ4v) is 2.45. The number of rotatable bonds is 7. The number of ether oxygens (including phenoxy) is 2. The lowest BCUT2D eigenvalue weighted by molar-refractivity contribution is -0.384. The zero-order chi connectivity index (χ0) is 19.3. The highest BCUT2D eigenvalue weighted by Crippen LogP contribution is 2.29. The van der Waals surface area contributed by atoms with Crippen molar-refractivity contribution >= 4 is 17.3 Å². The summed E-state index contributed by atoms with van der Waals surface area (Å²) in [7, 11) is 1.43. The second-order valence-corrected chi connectivity index (χ2v) is 5.84. The third-order valence-electron chi connectivity index (χ3n) is 4.14. The Kier molecular flexibility index (Phi) is 6.16. The number of hydrogen-bond acceptors (Lipinski definition) is 5. The van der Waals surface area contributed by atoms with E-state index in [2.05, 4.69) is 5.32 Å². The van der Waals surface area contributed by atoms with E-state index in [4.69, 9.17) is 9.47 Å². The maximum Gasteiger partial charge on any atom is 0.271 e. The number of non-ortho nitro benzene ring substituents is 1. The van der Waals surface area contributed by atoms with Gasteiger partial charge in [-0.3, -0.25) is 14.9 Å². The van der Waals surface area contributed by atoms with Crippen LogP contribution in [0.15, 0.2) is 36.4 Å². The largest absolute Gasteiger partial charge is 0.495 e. The van der Waals surface area contributed by atoms with Gasteiger partial charge in [-0.05, 0) is 43.5 Å². The van der Waals surface area contributed by atoms with Crippen molar-refractivity contribution in [3.8, 4) is 11.5 Å². The van der Waals surface area contributed by atoms with Gasteiger partial charge in [0.05, 0.1) is 17.7 Å². The van der Waals surface area contributed by atoms with Crippen molar-refractivity contribution in [2.75, 3.05) is 12.4 Å². The Bertz CT molecular complexity index is 820. The summed E-state index contributed by atoms with van der Waals surface area (Å²) in [6.07, 6.45) is -0.296. The molecule has 0 unspecified atom stereocenters. The van der Waals surface area contributed by atoms with Gasteiger partial charge in [-0.1, -0.05) is 19.1 Å². The molecule has 0 aliphatic rings. The van der Waals surface area contributed by atoms with Gasteiger partial charge in [0.25, 0.3) is 11.6 Å². The first kappa shape index (κ1) is 19.2. The number of methoxy groups -OCH3 is 1. The van der Waals surface area contributed by atoms with Crippen molar-refractivity contribution in [1.29, 1.82) is 0 Å². The van der Waals surface area contributed by atoms with Crippen LogP contribution < -0.4 is 14.8 Å². The third-order valence-corrected chi connectivity index (χ3v) is 4.14. The highest BCUT2D eigenvalue weighted by atomic mass is 16.6. The summed E-state index contributed by atoms with van der Waals surface area (Å²) in [5, 5.41) is 13.6. The zero-order valence-corrected chi connectivity index (χ0v) is 15.2. The summed E-state index contributed by atoms with van der Waals surface area (Å²) in [4.78, 5) is 23.1. The average Bonchev–Trinajstić information content (AvgIpc) is 2.62. The first-order valence-electron chi connectivity index (χ1n) is 8.23. The standard InChI is InChI=1S/C19H22N2O5/c1-5-16(26-17-8-6-7-12(2)13(17)3)19(22)20-15-11-14(21(23)24)9-10-18(15)25-4/h6-11,16H,5H2,1-4H3,(H,20,22)/t16-/m0/s1. The molecule has 138 valence electrons. The molecule has 0 radical (unpaired) electrons. The number of benzene rings is 2. The second-order valence-electron chi connectivity index (χ2n) is 5.84. The lowest BCUT2D eigenvalue weighted by atomic mass is 10.1. The van der Waals surface area contributed by atoms with E-state index < -0.39 is 16.9 Å². The molecule has 2 aromatic rings. The van der Waals surface area contributed by atoms with Crippen molar-refractivity contribution in [3.05, 3.63) is 57.6 Å². The van der Waals surface area contributed by atoms with Gasteiger partial charge >= 0.3 is 0 Å². The summed E-state index contributed by atoms with van der Waals surface area (Å²) in [6.45, 7) is 5.73. The molecule has 2 rings (SSSR count). The highest BCUT2D eigenvalue weighted by Gasteiger charge is 2.22. The van der Waals surface area contributed by atoms with E-state index in [0.717, 1.165) is 11.1 Å². The van der Waals surface area contributed by atoms with Gasteiger partial charge in [0, 0.05) is 12.1 Å². The minimum atomic E-state index is -0.737. The van der Waals surface area contributed by atoms with Crippen molar-refractivity contribution in [3.63, 3.8) is 0 Å². The Balaban J connectivity index is 2.22. The molecular weight excluding hydrogens is 336 g/mol. The van der Waals surface area contributed by atoms with E-state index in [1.807, 2.05) is 39.0 Å². The number of amides is 1. The van der Waals surface area contributed by atoms with E-state index in [1.165, 1.54) is 25.3 Å². The lowest BCUT2D eigenvalue weighted by Gasteiger charge is -2.20. The van der Waals surface area contributed by atoms with Crippen LogP contribution in [-0.2, 0) is 4.79 Å². The number of aryl methyl sites for hydroxylation is 1. The van der Waals surface area contributed by atoms with Gasteiger partial charge in [-0.25, -0.2) is 0 Å². The van der Waals surface area contributed by atoms with Crippen molar-refractivity contribution in [2.24, 2.45) is 0 Å².